The minimum Gasteiger partial charge on any atom is -0.100 e. The molecule has 0 aliphatic heterocycles. The van der Waals surface area contributed by atoms with Crippen LogP contribution < -0.4 is 0 Å². The maximum atomic E-state index is 4.34. The molecule has 1 saturated carbocycles. The van der Waals surface area contributed by atoms with E-state index in [0.717, 1.165) is 32.1 Å². The fourth-order valence-electron chi connectivity index (χ4n) is 11.2. The molecule has 56 heavy (non-hydrogen) atoms. The zero-order valence-electron chi connectivity index (χ0n) is 42.8. The third-order valence-corrected chi connectivity index (χ3v) is 18.7. The summed E-state index contributed by atoms with van der Waals surface area (Å²) in [5.74, 6) is 0. The van der Waals surface area contributed by atoms with Gasteiger partial charge in [-0.3, -0.25) is 0 Å². The summed E-state index contributed by atoms with van der Waals surface area (Å²) in [6.07, 6.45) is 7.87. The van der Waals surface area contributed by atoms with Crippen LogP contribution in [-0.4, -0.2) is 0 Å². The van der Waals surface area contributed by atoms with Crippen LogP contribution in [0.15, 0.2) is 54.7 Å². The molecular formula is C56H98. The lowest BCUT2D eigenvalue weighted by Gasteiger charge is -2.53. The lowest BCUT2D eigenvalue weighted by molar-refractivity contribution is 0.0210. The Hall–Kier alpha value is -1.56. The smallest absolute Gasteiger partial charge is 0.00153 e. The normalized spacial score (nSPS) is 20.9. The fourth-order valence-corrected chi connectivity index (χ4v) is 11.2. The van der Waals surface area contributed by atoms with E-state index in [9.17, 15) is 0 Å². The molecule has 0 nitrogen and oxygen atoms in total. The minimum absolute atomic E-state index is 0.0370. The van der Waals surface area contributed by atoms with E-state index >= 15 is 0 Å². The van der Waals surface area contributed by atoms with Crippen LogP contribution in [0.4, 0.5) is 0 Å². The summed E-state index contributed by atoms with van der Waals surface area (Å²) in [6.45, 7) is 75.0. The van der Waals surface area contributed by atoms with Crippen molar-refractivity contribution in [2.24, 2.45) is 48.7 Å². The zero-order valence-corrected chi connectivity index (χ0v) is 42.8. The first-order valence-electron chi connectivity index (χ1n) is 22.5. The van der Waals surface area contributed by atoms with E-state index in [0.29, 0.717) is 0 Å². The van der Waals surface area contributed by atoms with E-state index in [2.05, 4.69) is 211 Å². The fraction of sp³-hybridized carbons (Fsp3) is 0.786. The second kappa shape index (κ2) is 15.2. The van der Waals surface area contributed by atoms with Crippen molar-refractivity contribution >= 4 is 0 Å². The summed E-state index contributed by atoms with van der Waals surface area (Å²) in [7, 11) is 0. The Kier molecular flexibility index (Phi) is 13.7. The molecule has 1 aliphatic rings. The SMILES string of the molecule is C=C(C)CC(C)(C)C(C)(C)CC(C)(C)C(C)(C)c1cc(C(C)(C)C(C)(C)CC(C)(C)C(C)(C)CC(=C)C)cc(C2(C)CC2(C)CC(C)(C)C(C)(C)CC(=C)C)c1. The Balaban J connectivity index is 2.89. The molecule has 1 aromatic rings. The molecule has 2 unspecified atom stereocenters. The van der Waals surface area contributed by atoms with Crippen LogP contribution in [0.25, 0.3) is 0 Å². The van der Waals surface area contributed by atoms with Crippen LogP contribution in [-0.2, 0) is 16.2 Å². The molecule has 1 aliphatic carbocycles. The van der Waals surface area contributed by atoms with Crippen LogP contribution in [0.2, 0.25) is 0 Å². The van der Waals surface area contributed by atoms with Crippen LogP contribution in [0, 0.1) is 48.7 Å². The van der Waals surface area contributed by atoms with E-state index in [-0.39, 0.29) is 65.0 Å². The topological polar surface area (TPSA) is 0 Å². The minimum atomic E-state index is -0.0678. The van der Waals surface area contributed by atoms with E-state index in [4.69, 9.17) is 0 Å². The molecule has 1 fully saturated rings. The Labute approximate surface area is 353 Å². The Morgan fingerprint density at radius 2 is 0.732 bits per heavy atom. The monoisotopic (exact) mass is 771 g/mol. The molecule has 2 atom stereocenters. The first-order valence-corrected chi connectivity index (χ1v) is 22.5. The molecule has 322 valence electrons. The predicted octanol–water partition coefficient (Wildman–Crippen LogP) is 18.2. The van der Waals surface area contributed by atoms with Crippen LogP contribution >= 0.6 is 0 Å². The highest BCUT2D eigenvalue weighted by atomic mass is 14.7. The van der Waals surface area contributed by atoms with Crippen molar-refractivity contribution in [3.05, 3.63) is 71.3 Å². The van der Waals surface area contributed by atoms with Crippen molar-refractivity contribution in [2.75, 3.05) is 0 Å². The van der Waals surface area contributed by atoms with Gasteiger partial charge in [-0.25, -0.2) is 0 Å². The number of rotatable bonds is 20. The van der Waals surface area contributed by atoms with Crippen LogP contribution in [0.1, 0.15) is 235 Å². The number of hydrogen-bond donors (Lipinski definition) is 0. The molecule has 0 N–H and O–H groups in total. The van der Waals surface area contributed by atoms with Gasteiger partial charge in [-0.2, -0.15) is 0 Å². The third kappa shape index (κ3) is 9.73. The Morgan fingerprint density at radius 1 is 0.446 bits per heavy atom. The first kappa shape index (κ1) is 50.6. The maximum absolute atomic E-state index is 4.34. The summed E-state index contributed by atoms with van der Waals surface area (Å²) in [4.78, 5) is 0. The summed E-state index contributed by atoms with van der Waals surface area (Å²) < 4.78 is 0. The highest BCUT2D eigenvalue weighted by Crippen LogP contribution is 2.71. The van der Waals surface area contributed by atoms with Gasteiger partial charge in [0.1, 0.15) is 0 Å². The molecule has 2 rings (SSSR count). The van der Waals surface area contributed by atoms with Crippen molar-refractivity contribution in [2.45, 2.75) is 234 Å². The van der Waals surface area contributed by atoms with Gasteiger partial charge >= 0.3 is 0 Å². The summed E-state index contributed by atoms with van der Waals surface area (Å²) in [6, 6.07) is 8.02. The van der Waals surface area contributed by atoms with Gasteiger partial charge in [0.15, 0.2) is 0 Å². The highest BCUT2D eigenvalue weighted by molar-refractivity contribution is 5.47. The molecule has 0 spiro atoms. The van der Waals surface area contributed by atoms with Crippen molar-refractivity contribution in [3.8, 4) is 0 Å². The van der Waals surface area contributed by atoms with Crippen molar-refractivity contribution in [1.29, 1.82) is 0 Å². The maximum Gasteiger partial charge on any atom is -0.00153 e. The number of benzene rings is 1. The van der Waals surface area contributed by atoms with Crippen LogP contribution in [0.5, 0.6) is 0 Å². The van der Waals surface area contributed by atoms with Crippen LogP contribution in [0.3, 0.4) is 0 Å². The molecule has 0 aromatic heterocycles. The summed E-state index contributed by atoms with van der Waals surface area (Å²) in [5.41, 5.74) is 9.56. The van der Waals surface area contributed by atoms with Gasteiger partial charge in [-0.15, -0.1) is 19.7 Å². The van der Waals surface area contributed by atoms with E-state index in [1.165, 1.54) is 40.7 Å². The highest BCUT2D eigenvalue weighted by Gasteiger charge is 2.64. The van der Waals surface area contributed by atoms with Crippen molar-refractivity contribution < 1.29 is 0 Å². The average molecular weight is 771 g/mol. The average Bonchev–Trinajstić information content (AvgIpc) is 3.48. The molecule has 0 heteroatoms. The molecule has 0 heterocycles. The van der Waals surface area contributed by atoms with E-state index in [1.807, 2.05) is 0 Å². The molecular weight excluding hydrogens is 673 g/mol. The van der Waals surface area contributed by atoms with E-state index < -0.39 is 0 Å². The lowest BCUT2D eigenvalue weighted by atomic mass is 9.52. The predicted molar refractivity (Wildman–Crippen MR) is 255 cm³/mol. The second-order valence-electron chi connectivity index (χ2n) is 27.1. The third-order valence-electron chi connectivity index (χ3n) is 18.7. The van der Waals surface area contributed by atoms with Gasteiger partial charge < -0.3 is 0 Å². The van der Waals surface area contributed by atoms with Gasteiger partial charge in [0.25, 0.3) is 0 Å². The van der Waals surface area contributed by atoms with Gasteiger partial charge in [0, 0.05) is 0 Å². The van der Waals surface area contributed by atoms with Crippen molar-refractivity contribution in [3.63, 3.8) is 0 Å². The van der Waals surface area contributed by atoms with Gasteiger partial charge in [0.05, 0.1) is 0 Å². The molecule has 1 aromatic carbocycles. The quantitative estimate of drug-likeness (QED) is 0.116. The zero-order chi connectivity index (χ0) is 44.5. The summed E-state index contributed by atoms with van der Waals surface area (Å²) >= 11 is 0. The van der Waals surface area contributed by atoms with E-state index in [1.54, 1.807) is 5.56 Å². The molecule has 0 saturated heterocycles. The van der Waals surface area contributed by atoms with Gasteiger partial charge in [-0.05, 0) is 147 Å². The number of allylic oxidation sites excluding steroid dienone is 3. The van der Waals surface area contributed by atoms with Gasteiger partial charge in [0.2, 0.25) is 0 Å². The Morgan fingerprint density at radius 3 is 1.02 bits per heavy atom. The van der Waals surface area contributed by atoms with Gasteiger partial charge in [-0.1, -0.05) is 187 Å². The number of hydrogen-bond acceptors (Lipinski definition) is 0. The molecule has 0 radical (unpaired) electrons. The lowest BCUT2D eigenvalue weighted by Crippen LogP contribution is -2.45. The second-order valence-corrected chi connectivity index (χ2v) is 27.1. The largest absolute Gasteiger partial charge is 0.100 e. The van der Waals surface area contributed by atoms with Crippen molar-refractivity contribution in [1.82, 2.24) is 0 Å². The Bertz CT molecular complexity index is 1530. The summed E-state index contributed by atoms with van der Waals surface area (Å²) in [5, 5.41) is 0. The standard InChI is InChI=1S/C56H98/c1-39(2)32-45(7,8)48(13,14)35-51(19,20)53(23,24)42-29-43(54(25,26)52(21,22)36-49(15,16)46(9,10)33-40(3)4)31-44(30-42)56(28)38-55(56,27)37-50(17,18)47(11,12)34-41(5)6/h29-31H,1,3,5,32-38H2,2,4,6-28H3. The molecule has 0 bridgehead atoms. The molecule has 0 amide bonds. The first-order chi connectivity index (χ1) is 24.4.